The number of benzene rings is 3. The van der Waals surface area contributed by atoms with Crippen LogP contribution >= 0.6 is 0 Å². The number of ether oxygens (including phenoxy) is 1. The van der Waals surface area contributed by atoms with Crippen LogP contribution in [0.1, 0.15) is 25.7 Å². The van der Waals surface area contributed by atoms with E-state index in [1.165, 1.54) is 12.3 Å². The third kappa shape index (κ3) is 4.05. The molecule has 2 aliphatic rings. The Morgan fingerprint density at radius 1 is 0.952 bits per heavy atom. The van der Waals surface area contributed by atoms with Crippen molar-refractivity contribution >= 4 is 44.1 Å². The molecule has 0 amide bonds. The van der Waals surface area contributed by atoms with E-state index in [4.69, 9.17) is 4.74 Å². The fraction of sp³-hybridized carbons (Fsp3) is 0.250. The zero-order chi connectivity index (χ0) is 28.3. The summed E-state index contributed by atoms with van der Waals surface area (Å²) in [5.41, 5.74) is 1.98. The highest BCUT2D eigenvalue weighted by molar-refractivity contribution is 5.99. The van der Waals surface area contributed by atoms with Gasteiger partial charge in [-0.3, -0.25) is 15.0 Å². The summed E-state index contributed by atoms with van der Waals surface area (Å²) in [4.78, 5) is 16.2. The summed E-state index contributed by atoms with van der Waals surface area (Å²) in [6, 6.07) is 15.9. The standard InChI is InChI=1S/C32H27F2N7O/c33-24-8-2-6-19-5-1-7-22(26(19)24)28-27(34)29-23(17-35-28)30(37-21-10-9-20-16-36-40-25(20)15-21)39-31(38-29)42-18-32-11-3-13-41(32)14-4-12-32/h1-2,5-10,15-17H,3-4,11-14,18H2,(H,36,40)(H,37,38,39). The maximum Gasteiger partial charge on any atom is 0.319 e. The zero-order valence-electron chi connectivity index (χ0n) is 22.7. The number of aromatic amines is 1. The normalized spacial score (nSPS) is 16.4. The van der Waals surface area contributed by atoms with Gasteiger partial charge < -0.3 is 10.1 Å². The fourth-order valence-electron chi connectivity index (χ4n) is 6.69. The first-order valence-corrected chi connectivity index (χ1v) is 14.2. The van der Waals surface area contributed by atoms with Crippen LogP contribution in [-0.2, 0) is 0 Å². The van der Waals surface area contributed by atoms with Crippen molar-refractivity contribution in [2.45, 2.75) is 31.2 Å². The Morgan fingerprint density at radius 3 is 2.64 bits per heavy atom. The minimum atomic E-state index is -0.663. The van der Waals surface area contributed by atoms with Crippen LogP contribution in [0, 0.1) is 11.6 Å². The van der Waals surface area contributed by atoms with E-state index >= 15 is 4.39 Å². The molecule has 3 aromatic carbocycles. The van der Waals surface area contributed by atoms with Crippen LogP contribution in [0.2, 0.25) is 0 Å². The molecule has 6 aromatic rings. The van der Waals surface area contributed by atoms with Crippen molar-refractivity contribution in [1.82, 2.24) is 30.0 Å². The highest BCUT2D eigenvalue weighted by Crippen LogP contribution is 2.40. The number of pyridine rings is 1. The summed E-state index contributed by atoms with van der Waals surface area (Å²) < 4.78 is 37.7. The molecular weight excluding hydrogens is 536 g/mol. The molecular formula is C32H27F2N7O. The summed E-state index contributed by atoms with van der Waals surface area (Å²) in [6.45, 7) is 2.57. The number of fused-ring (bicyclic) bond motifs is 4. The molecule has 3 aromatic heterocycles. The molecule has 10 heteroatoms. The summed E-state index contributed by atoms with van der Waals surface area (Å²) in [7, 11) is 0. The van der Waals surface area contributed by atoms with E-state index in [-0.39, 0.29) is 22.8 Å². The minimum absolute atomic E-state index is 0.0176. The Labute approximate surface area is 239 Å². The molecule has 8 rings (SSSR count). The number of halogens is 2. The second kappa shape index (κ2) is 9.70. The van der Waals surface area contributed by atoms with Gasteiger partial charge in [-0.05, 0) is 68.4 Å². The van der Waals surface area contributed by atoms with Crippen LogP contribution in [0.4, 0.5) is 20.3 Å². The molecule has 0 unspecified atom stereocenters. The molecule has 2 aliphatic heterocycles. The van der Waals surface area contributed by atoms with Crippen molar-refractivity contribution in [3.8, 4) is 17.3 Å². The Hall–Kier alpha value is -4.70. The van der Waals surface area contributed by atoms with Crippen molar-refractivity contribution in [1.29, 1.82) is 0 Å². The lowest BCUT2D eigenvalue weighted by molar-refractivity contribution is 0.108. The van der Waals surface area contributed by atoms with Gasteiger partial charge in [0, 0.05) is 28.2 Å². The quantitative estimate of drug-likeness (QED) is 0.232. The van der Waals surface area contributed by atoms with Gasteiger partial charge in [0.2, 0.25) is 0 Å². The molecule has 0 atom stereocenters. The van der Waals surface area contributed by atoms with Gasteiger partial charge >= 0.3 is 6.01 Å². The van der Waals surface area contributed by atoms with Crippen LogP contribution in [0.25, 0.3) is 43.8 Å². The highest BCUT2D eigenvalue weighted by atomic mass is 19.1. The van der Waals surface area contributed by atoms with E-state index < -0.39 is 11.6 Å². The number of rotatable bonds is 6. The number of nitrogens with one attached hydrogen (secondary N) is 2. The van der Waals surface area contributed by atoms with Crippen LogP contribution in [0.15, 0.2) is 67.0 Å². The summed E-state index contributed by atoms with van der Waals surface area (Å²) in [5.74, 6) is -0.739. The lowest BCUT2D eigenvalue weighted by Gasteiger charge is -2.31. The van der Waals surface area contributed by atoms with Gasteiger partial charge in [-0.15, -0.1) is 0 Å². The monoisotopic (exact) mass is 563 g/mol. The molecule has 0 aliphatic carbocycles. The molecule has 0 bridgehead atoms. The van der Waals surface area contributed by atoms with Crippen molar-refractivity contribution in [2.24, 2.45) is 0 Å². The van der Waals surface area contributed by atoms with Gasteiger partial charge in [0.15, 0.2) is 5.82 Å². The molecule has 0 saturated carbocycles. The largest absolute Gasteiger partial charge is 0.461 e. The first kappa shape index (κ1) is 25.0. The number of hydrogen-bond acceptors (Lipinski definition) is 7. The number of hydrogen-bond donors (Lipinski definition) is 2. The summed E-state index contributed by atoms with van der Waals surface area (Å²) in [5, 5.41) is 12.7. The minimum Gasteiger partial charge on any atom is -0.461 e. The maximum absolute atomic E-state index is 16.5. The second-order valence-electron chi connectivity index (χ2n) is 11.2. The van der Waals surface area contributed by atoms with E-state index in [9.17, 15) is 4.39 Å². The molecule has 2 fully saturated rings. The third-order valence-electron chi connectivity index (χ3n) is 8.76. The SMILES string of the molecule is Fc1c(-c2cccc3cccc(F)c23)ncc2c(Nc3ccc4cn[nH]c4c3)nc(OCC34CCCN3CCC4)nc12. The fourth-order valence-corrected chi connectivity index (χ4v) is 6.69. The van der Waals surface area contributed by atoms with Gasteiger partial charge in [-0.2, -0.15) is 15.1 Å². The van der Waals surface area contributed by atoms with Gasteiger partial charge in [0.25, 0.3) is 0 Å². The number of H-pyrrole nitrogens is 1. The summed E-state index contributed by atoms with van der Waals surface area (Å²) >= 11 is 0. The average Bonchev–Trinajstić information content (AvgIpc) is 3.73. The smallest absolute Gasteiger partial charge is 0.319 e. The van der Waals surface area contributed by atoms with Gasteiger partial charge in [0.05, 0.1) is 22.6 Å². The predicted molar refractivity (Wildman–Crippen MR) is 158 cm³/mol. The van der Waals surface area contributed by atoms with Gasteiger partial charge in [-0.1, -0.05) is 30.3 Å². The number of nitrogens with zero attached hydrogens (tertiary/aromatic N) is 5. The Kier molecular flexibility index (Phi) is 5.78. The number of aromatic nitrogens is 5. The van der Waals surface area contributed by atoms with E-state index in [0.29, 0.717) is 34.1 Å². The Bertz CT molecular complexity index is 1980. The molecule has 5 heterocycles. The van der Waals surface area contributed by atoms with Crippen molar-refractivity contribution in [2.75, 3.05) is 25.0 Å². The topological polar surface area (TPSA) is 91.9 Å². The van der Waals surface area contributed by atoms with Crippen molar-refractivity contribution in [3.05, 3.63) is 78.6 Å². The van der Waals surface area contributed by atoms with Crippen LogP contribution in [0.5, 0.6) is 6.01 Å². The van der Waals surface area contributed by atoms with E-state index in [2.05, 4.69) is 35.4 Å². The zero-order valence-corrected chi connectivity index (χ0v) is 22.7. The lowest BCUT2D eigenvalue weighted by atomic mass is 9.95. The highest BCUT2D eigenvalue weighted by Gasteiger charge is 2.45. The van der Waals surface area contributed by atoms with E-state index in [1.54, 1.807) is 36.5 Å². The Morgan fingerprint density at radius 2 is 1.79 bits per heavy atom. The Balaban J connectivity index is 1.25. The molecule has 0 spiro atoms. The molecule has 210 valence electrons. The van der Waals surface area contributed by atoms with Gasteiger partial charge in [0.1, 0.15) is 29.5 Å². The predicted octanol–water partition coefficient (Wildman–Crippen LogP) is 6.75. The average molecular weight is 564 g/mol. The van der Waals surface area contributed by atoms with Crippen molar-refractivity contribution < 1.29 is 13.5 Å². The first-order chi connectivity index (χ1) is 20.6. The van der Waals surface area contributed by atoms with E-state index in [0.717, 1.165) is 55.4 Å². The van der Waals surface area contributed by atoms with Crippen LogP contribution < -0.4 is 10.1 Å². The molecule has 8 nitrogen and oxygen atoms in total. The maximum atomic E-state index is 16.5. The molecule has 42 heavy (non-hydrogen) atoms. The molecule has 2 saturated heterocycles. The van der Waals surface area contributed by atoms with E-state index in [1.807, 2.05) is 18.2 Å². The van der Waals surface area contributed by atoms with Crippen molar-refractivity contribution in [3.63, 3.8) is 0 Å². The van der Waals surface area contributed by atoms with Gasteiger partial charge in [-0.25, -0.2) is 8.78 Å². The summed E-state index contributed by atoms with van der Waals surface area (Å²) in [6.07, 6.45) is 7.67. The lowest BCUT2D eigenvalue weighted by Crippen LogP contribution is -2.43. The first-order valence-electron chi connectivity index (χ1n) is 14.2. The van der Waals surface area contributed by atoms with Crippen LogP contribution in [-0.4, -0.2) is 55.3 Å². The van der Waals surface area contributed by atoms with Crippen LogP contribution in [0.3, 0.4) is 0 Å². The number of anilines is 2. The second-order valence-corrected chi connectivity index (χ2v) is 11.2. The third-order valence-corrected chi connectivity index (χ3v) is 8.76. The molecule has 2 N–H and O–H groups in total. The molecule has 0 radical (unpaired) electrons.